The number of hydrogen-bond donors (Lipinski definition) is 0. The molecule has 0 aliphatic rings. The maximum atomic E-state index is 9.75. The molecule has 2 aromatic heterocycles. The van der Waals surface area contributed by atoms with E-state index in [0.29, 0.717) is 6.67 Å². The predicted octanol–water partition coefficient (Wildman–Crippen LogP) is 6.52. The van der Waals surface area contributed by atoms with Gasteiger partial charge in [0.2, 0.25) is 0 Å². The molecule has 0 unspecified atom stereocenters. The molecule has 0 atom stereocenters. The molecule has 5 nitrogen and oxygen atoms in total. The van der Waals surface area contributed by atoms with Crippen molar-refractivity contribution in [3.8, 4) is 0 Å². The zero-order chi connectivity index (χ0) is 30.4. The topological polar surface area (TPSA) is 55.5 Å². The maximum absolute atomic E-state index is 9.75. The predicted molar refractivity (Wildman–Crippen MR) is 158 cm³/mol. The van der Waals surface area contributed by atoms with Gasteiger partial charge in [-0.15, -0.1) is 0 Å². The van der Waals surface area contributed by atoms with Gasteiger partial charge in [0.05, 0.1) is 11.4 Å². The van der Waals surface area contributed by atoms with Crippen LogP contribution in [0.2, 0.25) is 0 Å². The van der Waals surface area contributed by atoms with Crippen LogP contribution in [0.25, 0.3) is 0 Å². The normalized spacial score (nSPS) is 10.2. The van der Waals surface area contributed by atoms with Gasteiger partial charge < -0.3 is 17.3 Å². The van der Waals surface area contributed by atoms with Gasteiger partial charge in [0.1, 0.15) is 6.67 Å². The third-order valence-corrected chi connectivity index (χ3v) is 7.96. The first-order valence-corrected chi connectivity index (χ1v) is 13.9. The summed E-state index contributed by atoms with van der Waals surface area (Å²) in [6.07, 6.45) is 0. The smallest absolute Gasteiger partial charge is 0 e. The summed E-state index contributed by atoms with van der Waals surface area (Å²) >= 11 is 0. The summed E-state index contributed by atoms with van der Waals surface area (Å²) in [6, 6.07) is 36.5. The number of nitrogens with zero attached hydrogens (tertiary/aromatic N) is 4. The van der Waals surface area contributed by atoms with Crippen molar-refractivity contribution in [3.63, 3.8) is 0 Å². The Hall–Kier alpha value is -3.34. The second-order valence-electron chi connectivity index (χ2n) is 8.83. The van der Waals surface area contributed by atoms with Gasteiger partial charge in [-0.2, -0.15) is 10.2 Å². The summed E-state index contributed by atoms with van der Waals surface area (Å²) < 4.78 is 50.4. The fourth-order valence-corrected chi connectivity index (χ4v) is 6.25. The van der Waals surface area contributed by atoms with Gasteiger partial charge in [-0.05, 0) is 63.7 Å². The summed E-state index contributed by atoms with van der Waals surface area (Å²) in [5, 5.41) is 13.0. The summed E-state index contributed by atoms with van der Waals surface area (Å²) in [7, 11) is -6.45. The molecule has 2 heterocycles. The molecule has 0 N–H and O–H groups in total. The molecule has 0 spiro atoms. The Kier molecular flexibility index (Phi) is 15.9. The second kappa shape index (κ2) is 18.3. The molecule has 3 aromatic carbocycles. The first kappa shape index (κ1) is 36.7. The second-order valence-corrected chi connectivity index (χ2v) is 11.1. The fourth-order valence-electron chi connectivity index (χ4n) is 3.94. The van der Waals surface area contributed by atoms with Crippen LogP contribution in [0.3, 0.4) is 0 Å². The number of hydrogen-bond acceptors (Lipinski definition) is 2. The average Bonchev–Trinajstić information content (AvgIpc) is 3.44. The van der Waals surface area contributed by atoms with E-state index in [4.69, 9.17) is 4.65 Å². The molecule has 42 heavy (non-hydrogen) atoms. The summed E-state index contributed by atoms with van der Waals surface area (Å²) in [5.41, 5.74) is 4.43. The minimum atomic E-state index is -6.00. The van der Waals surface area contributed by atoms with E-state index < -0.39 is 15.2 Å². The summed E-state index contributed by atoms with van der Waals surface area (Å²) in [4.78, 5) is 0. The maximum Gasteiger partial charge on any atom is 0 e. The molecular weight excluding hydrogens is 653 g/mol. The molecule has 0 bridgehead atoms. The van der Waals surface area contributed by atoms with Crippen LogP contribution in [0.5, 0.6) is 0 Å². The molecule has 1 radical (unpaired) electrons. The quantitative estimate of drug-likeness (QED) is 0.0697. The molecule has 0 saturated heterocycles. The minimum absolute atomic E-state index is 0. The van der Waals surface area contributed by atoms with Crippen molar-refractivity contribution in [2.24, 2.45) is 0 Å². The Morgan fingerprint density at radius 3 is 1.10 bits per heavy atom. The fraction of sp³-hybridized carbons (Fsp3) is 0.167. The van der Waals surface area contributed by atoms with Crippen LogP contribution < -0.4 is 15.9 Å². The van der Waals surface area contributed by atoms with Crippen molar-refractivity contribution >= 4 is 31.1 Å². The van der Waals surface area contributed by atoms with Crippen molar-refractivity contribution in [2.45, 2.75) is 34.4 Å². The Balaban J connectivity index is 0.000000344. The molecule has 12 heteroatoms. The van der Waals surface area contributed by atoms with Crippen molar-refractivity contribution in [2.75, 3.05) is 0 Å². The Morgan fingerprint density at radius 2 is 0.881 bits per heavy atom. The number of aryl methyl sites for hydroxylation is 4. The van der Waals surface area contributed by atoms with E-state index in [1.54, 1.807) is 0 Å². The number of rotatable bonds is 5. The van der Waals surface area contributed by atoms with E-state index in [1.807, 2.05) is 23.2 Å². The zero-order valence-electron chi connectivity index (χ0n) is 23.6. The van der Waals surface area contributed by atoms with Crippen LogP contribution in [-0.4, -0.2) is 26.8 Å². The van der Waals surface area contributed by atoms with E-state index in [-0.39, 0.29) is 19.5 Å². The van der Waals surface area contributed by atoms with Gasteiger partial charge >= 0.3 is 18.6 Å². The van der Waals surface area contributed by atoms with Gasteiger partial charge in [-0.25, -0.2) is 9.36 Å². The Labute approximate surface area is 258 Å². The van der Waals surface area contributed by atoms with Crippen LogP contribution in [0.1, 0.15) is 22.8 Å². The SMILES string of the molecule is Cc1cc(C)n(Cn2nc(C)cc2C)n1.F[B-](F)(F)F.[C-]#[O+].[Rh].c1ccc(P(c2ccccc2)c2ccccc2)cc1. The Morgan fingerprint density at radius 1 is 0.619 bits per heavy atom. The number of benzene rings is 3. The molecule has 0 aliphatic heterocycles. The third-order valence-electron chi connectivity index (χ3n) is 5.52. The van der Waals surface area contributed by atoms with Gasteiger partial charge in [-0.3, -0.25) is 0 Å². The van der Waals surface area contributed by atoms with E-state index in [1.165, 1.54) is 27.3 Å². The molecular formula is C30H31BF4N4OPRh-. The third kappa shape index (κ3) is 12.7. The zero-order valence-corrected chi connectivity index (χ0v) is 26.1. The molecule has 223 valence electrons. The largest absolute Gasteiger partial charge is 0.0622 e. The molecule has 0 fully saturated rings. The van der Waals surface area contributed by atoms with Crippen LogP contribution >= 0.6 is 7.92 Å². The Bertz CT molecular complexity index is 1340. The van der Waals surface area contributed by atoms with Gasteiger partial charge in [-0.1, -0.05) is 91.0 Å². The summed E-state index contributed by atoms with van der Waals surface area (Å²) in [5.74, 6) is 0. The minimum Gasteiger partial charge on any atom is -0.0622 e. The molecule has 5 rings (SSSR count). The monoisotopic (exact) mass is 684 g/mol. The number of aromatic nitrogens is 4. The summed E-state index contributed by atoms with van der Waals surface area (Å²) in [6.45, 7) is 13.3. The van der Waals surface area contributed by atoms with Crippen LogP contribution in [0, 0.1) is 34.3 Å². The van der Waals surface area contributed by atoms with E-state index >= 15 is 0 Å². The van der Waals surface area contributed by atoms with Gasteiger partial charge in [0.15, 0.2) is 0 Å². The van der Waals surface area contributed by atoms with Crippen molar-refractivity contribution in [1.82, 2.24) is 19.6 Å². The van der Waals surface area contributed by atoms with E-state index in [9.17, 15) is 17.3 Å². The van der Waals surface area contributed by atoms with Crippen molar-refractivity contribution < 1.29 is 41.4 Å². The molecule has 0 amide bonds. The van der Waals surface area contributed by atoms with Crippen LogP contribution in [-0.2, 0) is 30.8 Å². The molecule has 5 aromatic rings. The van der Waals surface area contributed by atoms with Crippen molar-refractivity contribution in [3.05, 3.63) is 133 Å². The van der Waals surface area contributed by atoms with Gasteiger partial charge in [0, 0.05) is 30.9 Å². The molecule has 0 saturated carbocycles. The average molecular weight is 684 g/mol. The van der Waals surface area contributed by atoms with E-state index in [0.717, 1.165) is 11.4 Å². The van der Waals surface area contributed by atoms with Crippen LogP contribution in [0.4, 0.5) is 17.3 Å². The van der Waals surface area contributed by atoms with E-state index in [2.05, 4.69) is 134 Å². The van der Waals surface area contributed by atoms with Gasteiger partial charge in [0.25, 0.3) is 0 Å². The first-order chi connectivity index (χ1) is 19.5. The number of halogens is 4. The first-order valence-electron chi connectivity index (χ1n) is 12.6. The van der Waals surface area contributed by atoms with Crippen LogP contribution in [0.15, 0.2) is 103 Å². The van der Waals surface area contributed by atoms with Crippen molar-refractivity contribution in [1.29, 1.82) is 0 Å². The standard InChI is InChI=1S/C18H15P.C11H16N4.CO.BF4.Rh/c1-4-10-16(11-5-1)19(17-12-6-2-7-13-17)18-14-8-3-9-15-18;1-8-5-10(3)14(12-8)7-15-11(4)6-9(2)13-15;1-2;2-1(3,4)5;/h1-15H;5-6H,7H2,1-4H3;;;/q;;;-1;. The molecule has 0 aliphatic carbocycles.